The highest BCUT2D eigenvalue weighted by molar-refractivity contribution is 7.13. The Morgan fingerprint density at radius 3 is 2.75 bits per heavy atom. The van der Waals surface area contributed by atoms with Gasteiger partial charge in [0.15, 0.2) is 0 Å². The van der Waals surface area contributed by atoms with Gasteiger partial charge in [-0.1, -0.05) is 22.9 Å². The Kier molecular flexibility index (Phi) is 4.46. The van der Waals surface area contributed by atoms with E-state index in [0.29, 0.717) is 11.6 Å². The van der Waals surface area contributed by atoms with Gasteiger partial charge in [0.25, 0.3) is 0 Å². The van der Waals surface area contributed by atoms with E-state index < -0.39 is 0 Å². The van der Waals surface area contributed by atoms with Crippen molar-refractivity contribution in [2.45, 2.75) is 6.54 Å². The molecule has 0 unspecified atom stereocenters. The summed E-state index contributed by atoms with van der Waals surface area (Å²) < 4.78 is 0. The highest BCUT2D eigenvalue weighted by Crippen LogP contribution is 2.29. The summed E-state index contributed by atoms with van der Waals surface area (Å²) in [5.41, 5.74) is 2.79. The van der Waals surface area contributed by atoms with Crippen LogP contribution in [0.25, 0.3) is 0 Å². The molecule has 2 aromatic rings. The molecule has 0 spiro atoms. The number of hydrogen-bond acceptors (Lipinski definition) is 5. The van der Waals surface area contributed by atoms with Gasteiger partial charge < -0.3 is 10.2 Å². The number of hydrogen-bond donors (Lipinski definition) is 1. The van der Waals surface area contributed by atoms with Crippen molar-refractivity contribution in [1.29, 1.82) is 0 Å². The van der Waals surface area contributed by atoms with Gasteiger partial charge in [0.2, 0.25) is 0 Å². The second kappa shape index (κ2) is 6.11. The second-order valence-corrected chi connectivity index (χ2v) is 5.79. The molecule has 0 saturated heterocycles. The minimum absolute atomic E-state index is 0.153. The van der Waals surface area contributed by atoms with Crippen molar-refractivity contribution in [2.75, 3.05) is 24.3 Å². The maximum atomic E-state index is 10.6. The number of benzene rings is 1. The van der Waals surface area contributed by atoms with E-state index in [0.717, 1.165) is 28.3 Å². The Labute approximate surface area is 125 Å². The Morgan fingerprint density at radius 1 is 1.40 bits per heavy atom. The molecule has 20 heavy (non-hydrogen) atoms. The lowest BCUT2D eigenvalue weighted by Gasteiger charge is -2.18. The lowest BCUT2D eigenvalue weighted by atomic mass is 10.2. The van der Waals surface area contributed by atoms with Gasteiger partial charge in [-0.2, -0.15) is 0 Å². The summed E-state index contributed by atoms with van der Waals surface area (Å²) in [6.07, 6.45) is 0. The molecule has 0 aliphatic carbocycles. The van der Waals surface area contributed by atoms with Gasteiger partial charge in [-0.05, 0) is 23.8 Å². The molecule has 0 aliphatic rings. The standard InChI is InChI=1S/C13H14ClN3O2S/c1-16(2)12-4-3-10(14)6-11(12)15-7-9-5-13(17(18)19)20-8-9/h3-6,8,15H,7H2,1-2H3. The second-order valence-electron chi connectivity index (χ2n) is 4.46. The molecule has 1 N–H and O–H groups in total. The van der Waals surface area contributed by atoms with Gasteiger partial charge in [-0.15, -0.1) is 0 Å². The van der Waals surface area contributed by atoms with Crippen molar-refractivity contribution in [3.63, 3.8) is 0 Å². The molecule has 5 nitrogen and oxygen atoms in total. The number of nitrogens with zero attached hydrogens (tertiary/aromatic N) is 2. The Morgan fingerprint density at radius 2 is 2.15 bits per heavy atom. The van der Waals surface area contributed by atoms with Crippen LogP contribution < -0.4 is 10.2 Å². The zero-order valence-electron chi connectivity index (χ0n) is 11.1. The first-order valence-electron chi connectivity index (χ1n) is 5.90. The number of rotatable bonds is 5. The highest BCUT2D eigenvalue weighted by atomic mass is 35.5. The molecular weight excluding hydrogens is 298 g/mol. The van der Waals surface area contributed by atoms with E-state index in [2.05, 4.69) is 5.32 Å². The number of anilines is 2. The van der Waals surface area contributed by atoms with E-state index >= 15 is 0 Å². The topological polar surface area (TPSA) is 58.4 Å². The van der Waals surface area contributed by atoms with E-state index in [9.17, 15) is 10.1 Å². The van der Waals surface area contributed by atoms with E-state index in [1.54, 1.807) is 11.4 Å². The number of nitrogens with one attached hydrogen (secondary N) is 1. The number of nitro groups is 1. The quantitative estimate of drug-likeness (QED) is 0.670. The maximum absolute atomic E-state index is 10.6. The van der Waals surface area contributed by atoms with Crippen molar-refractivity contribution in [3.05, 3.63) is 50.3 Å². The van der Waals surface area contributed by atoms with Crippen molar-refractivity contribution in [2.24, 2.45) is 0 Å². The van der Waals surface area contributed by atoms with Crippen LogP contribution in [0.2, 0.25) is 5.02 Å². The predicted octanol–water partition coefficient (Wildman–Crippen LogP) is 3.99. The summed E-state index contributed by atoms with van der Waals surface area (Å²) in [6.45, 7) is 0.519. The molecule has 0 saturated carbocycles. The lowest BCUT2D eigenvalue weighted by molar-refractivity contribution is -0.380. The van der Waals surface area contributed by atoms with Gasteiger partial charge in [-0.3, -0.25) is 10.1 Å². The van der Waals surface area contributed by atoms with Crippen LogP contribution in [0.1, 0.15) is 5.56 Å². The predicted molar refractivity (Wildman–Crippen MR) is 84.1 cm³/mol. The molecule has 0 amide bonds. The molecule has 106 valence electrons. The fraction of sp³-hybridized carbons (Fsp3) is 0.231. The molecule has 0 atom stereocenters. The molecular formula is C13H14ClN3O2S. The smallest absolute Gasteiger partial charge is 0.324 e. The van der Waals surface area contributed by atoms with Crippen LogP contribution in [-0.4, -0.2) is 19.0 Å². The molecule has 1 aromatic carbocycles. The molecule has 0 fully saturated rings. The molecule has 0 bridgehead atoms. The van der Waals surface area contributed by atoms with Crippen LogP contribution in [-0.2, 0) is 6.54 Å². The van der Waals surface area contributed by atoms with Crippen LogP contribution >= 0.6 is 22.9 Å². The van der Waals surface area contributed by atoms with Crippen molar-refractivity contribution >= 4 is 39.3 Å². The zero-order chi connectivity index (χ0) is 14.7. The monoisotopic (exact) mass is 311 g/mol. The van der Waals surface area contributed by atoms with E-state index in [4.69, 9.17) is 11.6 Å². The minimum Gasteiger partial charge on any atom is -0.379 e. The van der Waals surface area contributed by atoms with Gasteiger partial charge >= 0.3 is 5.00 Å². The van der Waals surface area contributed by atoms with Crippen LogP contribution in [0.5, 0.6) is 0 Å². The first kappa shape index (κ1) is 14.6. The van der Waals surface area contributed by atoms with Crippen molar-refractivity contribution in [1.82, 2.24) is 0 Å². The van der Waals surface area contributed by atoms with Crippen LogP contribution in [0.4, 0.5) is 16.4 Å². The first-order chi connectivity index (χ1) is 9.47. The summed E-state index contributed by atoms with van der Waals surface area (Å²) in [5, 5.41) is 16.5. The molecule has 1 heterocycles. The molecule has 0 radical (unpaired) electrons. The van der Waals surface area contributed by atoms with Crippen molar-refractivity contribution < 1.29 is 4.92 Å². The van der Waals surface area contributed by atoms with Crippen molar-refractivity contribution in [3.8, 4) is 0 Å². The Hall–Kier alpha value is -1.79. The Bertz CT molecular complexity index is 628. The summed E-state index contributed by atoms with van der Waals surface area (Å²) >= 11 is 7.13. The fourth-order valence-electron chi connectivity index (χ4n) is 1.79. The van der Waals surface area contributed by atoms with Crippen LogP contribution in [0.15, 0.2) is 29.6 Å². The van der Waals surface area contributed by atoms with Gasteiger partial charge in [0, 0.05) is 37.1 Å². The molecule has 1 aromatic heterocycles. The largest absolute Gasteiger partial charge is 0.379 e. The van der Waals surface area contributed by atoms with Gasteiger partial charge in [0.1, 0.15) is 0 Å². The number of thiophene rings is 1. The summed E-state index contributed by atoms with van der Waals surface area (Å²) in [4.78, 5) is 12.3. The lowest BCUT2D eigenvalue weighted by Crippen LogP contribution is -2.12. The van der Waals surface area contributed by atoms with Gasteiger partial charge in [0.05, 0.1) is 16.3 Å². The van der Waals surface area contributed by atoms with E-state index in [1.165, 1.54) is 0 Å². The average molecular weight is 312 g/mol. The summed E-state index contributed by atoms with van der Waals surface area (Å²) in [7, 11) is 3.90. The third-order valence-electron chi connectivity index (χ3n) is 2.74. The first-order valence-corrected chi connectivity index (χ1v) is 7.15. The molecule has 0 aliphatic heterocycles. The van der Waals surface area contributed by atoms with Crippen LogP contribution in [0.3, 0.4) is 0 Å². The summed E-state index contributed by atoms with van der Waals surface area (Å²) in [6, 6.07) is 7.19. The molecule has 2 rings (SSSR count). The van der Waals surface area contributed by atoms with E-state index in [1.807, 2.05) is 37.2 Å². The normalized spacial score (nSPS) is 10.3. The van der Waals surface area contributed by atoms with Crippen LogP contribution in [0, 0.1) is 10.1 Å². The maximum Gasteiger partial charge on any atom is 0.324 e. The van der Waals surface area contributed by atoms with E-state index in [-0.39, 0.29) is 9.92 Å². The third kappa shape index (κ3) is 3.40. The zero-order valence-corrected chi connectivity index (χ0v) is 12.7. The highest BCUT2D eigenvalue weighted by Gasteiger charge is 2.10. The summed E-state index contributed by atoms with van der Waals surface area (Å²) in [5.74, 6) is 0. The average Bonchev–Trinajstić information content (AvgIpc) is 2.85. The SMILES string of the molecule is CN(C)c1ccc(Cl)cc1NCc1csc([N+](=O)[O-])c1. The van der Waals surface area contributed by atoms with Gasteiger partial charge in [-0.25, -0.2) is 0 Å². The molecule has 7 heteroatoms. The number of halogens is 1. The third-order valence-corrected chi connectivity index (χ3v) is 3.91. The fourth-order valence-corrected chi connectivity index (χ4v) is 2.69. The Balaban J connectivity index is 2.13. The minimum atomic E-state index is -0.376.